The van der Waals surface area contributed by atoms with Crippen molar-refractivity contribution in [3.05, 3.63) is 35.4 Å². The molecule has 2 unspecified atom stereocenters. The molecule has 20 heavy (non-hydrogen) atoms. The number of rotatable bonds is 9. The lowest BCUT2D eigenvalue weighted by atomic mass is 10.1. The van der Waals surface area contributed by atoms with E-state index in [1.807, 2.05) is 6.92 Å². The quantitative estimate of drug-likeness (QED) is 0.751. The van der Waals surface area contributed by atoms with Crippen LogP contribution in [0.4, 0.5) is 0 Å². The third-order valence-corrected chi connectivity index (χ3v) is 3.08. The van der Waals surface area contributed by atoms with Crippen LogP contribution in [0.1, 0.15) is 44.9 Å². The van der Waals surface area contributed by atoms with Crippen molar-refractivity contribution in [1.82, 2.24) is 5.32 Å². The van der Waals surface area contributed by atoms with Gasteiger partial charge in [-0.25, -0.2) is 0 Å². The van der Waals surface area contributed by atoms with Gasteiger partial charge in [0, 0.05) is 19.2 Å². The lowest BCUT2D eigenvalue weighted by Gasteiger charge is -2.24. The van der Waals surface area contributed by atoms with E-state index in [4.69, 9.17) is 9.47 Å². The van der Waals surface area contributed by atoms with E-state index in [0.717, 1.165) is 13.2 Å². The molecule has 0 aliphatic rings. The minimum absolute atomic E-state index is 0.0627. The number of aryl methyl sites for hydroxylation is 1. The fourth-order valence-corrected chi connectivity index (χ4v) is 2.06. The zero-order valence-corrected chi connectivity index (χ0v) is 13.5. The highest BCUT2D eigenvalue weighted by molar-refractivity contribution is 5.24. The largest absolute Gasteiger partial charge is 0.379 e. The first-order valence-electron chi connectivity index (χ1n) is 7.56. The molecule has 0 saturated heterocycles. The minimum atomic E-state index is 0.0627. The van der Waals surface area contributed by atoms with Crippen LogP contribution in [0.15, 0.2) is 24.3 Å². The third-order valence-electron chi connectivity index (χ3n) is 3.08. The Morgan fingerprint density at radius 2 is 1.95 bits per heavy atom. The summed E-state index contributed by atoms with van der Waals surface area (Å²) in [5.74, 6) is 0. The van der Waals surface area contributed by atoms with Gasteiger partial charge in [0.15, 0.2) is 0 Å². The van der Waals surface area contributed by atoms with E-state index in [2.05, 4.69) is 57.3 Å². The molecule has 0 heterocycles. The Labute approximate surface area is 123 Å². The molecule has 0 saturated carbocycles. The number of nitrogens with one attached hydrogen (secondary N) is 1. The van der Waals surface area contributed by atoms with E-state index >= 15 is 0 Å². The van der Waals surface area contributed by atoms with Crippen LogP contribution in [0.25, 0.3) is 0 Å². The summed E-state index contributed by atoms with van der Waals surface area (Å²) in [7, 11) is 0. The van der Waals surface area contributed by atoms with Crippen molar-refractivity contribution in [3.63, 3.8) is 0 Å². The molecule has 1 aromatic carbocycles. The molecule has 0 spiro atoms. The molecule has 0 radical (unpaired) electrons. The number of ether oxygens (including phenoxy) is 2. The Morgan fingerprint density at radius 1 is 1.20 bits per heavy atom. The van der Waals surface area contributed by atoms with Crippen LogP contribution < -0.4 is 5.32 Å². The molecular formula is C17H29NO2. The molecule has 0 aromatic heterocycles. The highest BCUT2D eigenvalue weighted by atomic mass is 16.5. The van der Waals surface area contributed by atoms with E-state index in [9.17, 15) is 0 Å². The van der Waals surface area contributed by atoms with Gasteiger partial charge in [-0.3, -0.25) is 0 Å². The Hall–Kier alpha value is -0.900. The highest BCUT2D eigenvalue weighted by Crippen LogP contribution is 2.20. The molecule has 0 aliphatic carbocycles. The average molecular weight is 279 g/mol. The highest BCUT2D eigenvalue weighted by Gasteiger charge is 2.16. The Morgan fingerprint density at radius 3 is 2.55 bits per heavy atom. The molecule has 0 fully saturated rings. The van der Waals surface area contributed by atoms with Crippen molar-refractivity contribution in [2.24, 2.45) is 0 Å². The maximum Gasteiger partial charge on any atom is 0.0954 e. The fraction of sp³-hybridized carbons (Fsp3) is 0.647. The van der Waals surface area contributed by atoms with Gasteiger partial charge in [0.1, 0.15) is 0 Å². The summed E-state index contributed by atoms with van der Waals surface area (Å²) >= 11 is 0. The van der Waals surface area contributed by atoms with Gasteiger partial charge in [-0.15, -0.1) is 0 Å². The number of benzene rings is 1. The van der Waals surface area contributed by atoms with E-state index in [-0.39, 0.29) is 12.2 Å². The normalized spacial score (nSPS) is 14.5. The zero-order chi connectivity index (χ0) is 15.0. The van der Waals surface area contributed by atoms with Gasteiger partial charge < -0.3 is 14.8 Å². The fourth-order valence-electron chi connectivity index (χ4n) is 2.06. The minimum Gasteiger partial charge on any atom is -0.379 e. The predicted molar refractivity (Wildman–Crippen MR) is 84.1 cm³/mol. The molecule has 1 N–H and O–H groups in total. The topological polar surface area (TPSA) is 30.5 Å². The monoisotopic (exact) mass is 279 g/mol. The number of hydrogen-bond donors (Lipinski definition) is 1. The van der Waals surface area contributed by atoms with E-state index in [0.29, 0.717) is 12.6 Å². The molecule has 0 bridgehead atoms. The molecule has 1 aromatic rings. The van der Waals surface area contributed by atoms with Gasteiger partial charge in [-0.1, -0.05) is 43.7 Å². The summed E-state index contributed by atoms with van der Waals surface area (Å²) in [6.45, 7) is 12.7. The molecule has 3 heteroatoms. The first-order valence-corrected chi connectivity index (χ1v) is 7.56. The molecule has 0 aliphatic heterocycles. The predicted octanol–water partition coefficient (Wildman–Crippen LogP) is 3.48. The second-order valence-corrected chi connectivity index (χ2v) is 5.57. The van der Waals surface area contributed by atoms with Gasteiger partial charge >= 0.3 is 0 Å². The Kier molecular flexibility index (Phi) is 7.82. The van der Waals surface area contributed by atoms with Crippen LogP contribution in [0, 0.1) is 6.92 Å². The Bertz CT molecular complexity index is 379. The van der Waals surface area contributed by atoms with E-state index in [1.54, 1.807) is 0 Å². The Balaban J connectivity index is 2.69. The van der Waals surface area contributed by atoms with Crippen molar-refractivity contribution in [1.29, 1.82) is 0 Å². The maximum absolute atomic E-state index is 6.16. The lowest BCUT2D eigenvalue weighted by molar-refractivity contribution is -0.0475. The molecule has 3 nitrogen and oxygen atoms in total. The summed E-state index contributed by atoms with van der Waals surface area (Å²) in [5.41, 5.74) is 2.49. The van der Waals surface area contributed by atoms with E-state index in [1.165, 1.54) is 11.1 Å². The average Bonchev–Trinajstić information content (AvgIpc) is 2.41. The summed E-state index contributed by atoms with van der Waals surface area (Å²) in [4.78, 5) is 0. The maximum atomic E-state index is 6.16. The van der Waals surface area contributed by atoms with Gasteiger partial charge in [0.25, 0.3) is 0 Å². The summed E-state index contributed by atoms with van der Waals surface area (Å²) in [5, 5.41) is 3.46. The van der Waals surface area contributed by atoms with Gasteiger partial charge in [-0.2, -0.15) is 0 Å². The van der Waals surface area contributed by atoms with Crippen molar-refractivity contribution in [3.8, 4) is 0 Å². The van der Waals surface area contributed by atoms with Gasteiger partial charge in [-0.05, 0) is 26.3 Å². The second-order valence-electron chi connectivity index (χ2n) is 5.57. The first kappa shape index (κ1) is 17.2. The molecule has 114 valence electrons. The molecule has 2 atom stereocenters. The van der Waals surface area contributed by atoms with Gasteiger partial charge in [0.2, 0.25) is 0 Å². The summed E-state index contributed by atoms with van der Waals surface area (Å²) < 4.78 is 11.6. The van der Waals surface area contributed by atoms with Crippen LogP contribution in [-0.4, -0.2) is 31.9 Å². The SMILES string of the molecule is CCOCC(C)OC(CNC(C)C)c1cccc(C)c1. The van der Waals surface area contributed by atoms with Gasteiger partial charge in [0.05, 0.1) is 18.8 Å². The third kappa shape index (κ3) is 6.51. The smallest absolute Gasteiger partial charge is 0.0954 e. The van der Waals surface area contributed by atoms with Crippen molar-refractivity contribution in [2.75, 3.05) is 19.8 Å². The first-order chi connectivity index (χ1) is 9.52. The van der Waals surface area contributed by atoms with Crippen LogP contribution in [0.2, 0.25) is 0 Å². The van der Waals surface area contributed by atoms with Crippen LogP contribution in [-0.2, 0) is 9.47 Å². The molecule has 0 amide bonds. The second kappa shape index (κ2) is 9.11. The summed E-state index contributed by atoms with van der Waals surface area (Å²) in [6, 6.07) is 8.98. The van der Waals surface area contributed by atoms with Crippen LogP contribution in [0.3, 0.4) is 0 Å². The standard InChI is InChI=1S/C17H29NO2/c1-6-19-12-15(5)20-17(11-18-13(2)3)16-9-7-8-14(4)10-16/h7-10,13,15,17-18H,6,11-12H2,1-5H3. The van der Waals surface area contributed by atoms with Crippen molar-refractivity contribution in [2.45, 2.75) is 52.9 Å². The zero-order valence-electron chi connectivity index (χ0n) is 13.5. The van der Waals surface area contributed by atoms with Crippen LogP contribution >= 0.6 is 0 Å². The van der Waals surface area contributed by atoms with Crippen molar-refractivity contribution < 1.29 is 9.47 Å². The van der Waals surface area contributed by atoms with Crippen LogP contribution in [0.5, 0.6) is 0 Å². The lowest BCUT2D eigenvalue weighted by Crippen LogP contribution is -2.31. The molecule has 1 rings (SSSR count). The van der Waals surface area contributed by atoms with Crippen molar-refractivity contribution >= 4 is 0 Å². The van der Waals surface area contributed by atoms with E-state index < -0.39 is 0 Å². The number of hydrogen-bond acceptors (Lipinski definition) is 3. The summed E-state index contributed by atoms with van der Waals surface area (Å²) in [6.07, 6.45) is 0.155. The molecular weight excluding hydrogens is 250 g/mol.